The van der Waals surface area contributed by atoms with E-state index in [-0.39, 0.29) is 16.9 Å². The Balaban J connectivity index is 1.51. The topological polar surface area (TPSA) is 123 Å². The molecule has 0 radical (unpaired) electrons. The third-order valence-electron chi connectivity index (χ3n) is 5.56. The first-order valence-corrected chi connectivity index (χ1v) is 10.4. The van der Waals surface area contributed by atoms with Gasteiger partial charge in [-0.15, -0.1) is 5.10 Å². The van der Waals surface area contributed by atoms with Gasteiger partial charge in [0.15, 0.2) is 23.0 Å². The lowest BCUT2D eigenvalue weighted by molar-refractivity contribution is 0.0940. The SMILES string of the molecule is CNc1cc(Nc2cccn(-c3cc(C)n(C)n3)c2=O)nn2c(C(=O)N[C@@H]3C[C@@H]3F)cnc12. The minimum Gasteiger partial charge on any atom is -0.385 e. The van der Waals surface area contributed by atoms with Crippen molar-refractivity contribution in [3.05, 3.63) is 58.4 Å². The molecule has 1 saturated carbocycles. The third-order valence-corrected chi connectivity index (χ3v) is 5.56. The summed E-state index contributed by atoms with van der Waals surface area (Å²) in [6, 6.07) is 6.38. The number of halogens is 1. The van der Waals surface area contributed by atoms with Crippen molar-refractivity contribution >= 4 is 28.7 Å². The van der Waals surface area contributed by atoms with Crippen LogP contribution in [0.5, 0.6) is 0 Å². The molecule has 3 N–H and O–H groups in total. The van der Waals surface area contributed by atoms with Gasteiger partial charge < -0.3 is 16.0 Å². The summed E-state index contributed by atoms with van der Waals surface area (Å²) < 4.78 is 17.7. The van der Waals surface area contributed by atoms with Crippen LogP contribution in [0.25, 0.3) is 11.5 Å². The number of imidazole rings is 1. The number of anilines is 3. The first-order chi connectivity index (χ1) is 15.9. The zero-order valence-corrected chi connectivity index (χ0v) is 18.2. The summed E-state index contributed by atoms with van der Waals surface area (Å²) in [5, 5.41) is 17.5. The number of nitrogens with zero attached hydrogens (tertiary/aromatic N) is 6. The molecule has 5 rings (SSSR count). The van der Waals surface area contributed by atoms with Gasteiger partial charge in [0, 0.05) is 44.5 Å². The zero-order valence-electron chi connectivity index (χ0n) is 18.2. The standard InChI is InChI=1S/C21H22FN9O2/c1-11-7-18(28-29(11)3)30-6-4-5-13(21(30)33)25-17-9-15(23-2)19-24-10-16(31(19)27-17)20(32)26-14-8-12(14)22/h4-7,9-10,12,14,23H,8H2,1-3H3,(H,25,27)(H,26,32)/t12-,14+/m0/s1. The van der Waals surface area contributed by atoms with Crippen LogP contribution in [0.15, 0.2) is 41.5 Å². The summed E-state index contributed by atoms with van der Waals surface area (Å²) in [6.45, 7) is 1.90. The van der Waals surface area contributed by atoms with E-state index in [4.69, 9.17) is 0 Å². The molecule has 170 valence electrons. The van der Waals surface area contributed by atoms with E-state index < -0.39 is 18.1 Å². The number of hydrogen-bond donors (Lipinski definition) is 3. The van der Waals surface area contributed by atoms with E-state index in [9.17, 15) is 14.0 Å². The average molecular weight is 451 g/mol. The van der Waals surface area contributed by atoms with Gasteiger partial charge >= 0.3 is 0 Å². The Labute approximate surface area is 187 Å². The second kappa shape index (κ2) is 7.73. The number of fused-ring (bicyclic) bond motifs is 1. The van der Waals surface area contributed by atoms with Crippen LogP contribution in [-0.4, -0.2) is 54.1 Å². The molecule has 0 aliphatic heterocycles. The molecule has 4 aromatic heterocycles. The second-order valence-electron chi connectivity index (χ2n) is 7.89. The summed E-state index contributed by atoms with van der Waals surface area (Å²) in [5.74, 6) is 0.357. The number of hydrogen-bond acceptors (Lipinski definition) is 7. The zero-order chi connectivity index (χ0) is 23.3. The lowest BCUT2D eigenvalue weighted by atomic mass is 10.3. The fraction of sp³-hybridized carbons (Fsp3) is 0.286. The maximum atomic E-state index is 13.2. The summed E-state index contributed by atoms with van der Waals surface area (Å²) >= 11 is 0. The van der Waals surface area contributed by atoms with Gasteiger partial charge in [0.05, 0.1) is 17.9 Å². The van der Waals surface area contributed by atoms with Crippen LogP contribution in [0.4, 0.5) is 21.6 Å². The molecule has 4 aromatic rings. The number of carbonyl (C=O) groups excluding carboxylic acids is 1. The van der Waals surface area contributed by atoms with Gasteiger partial charge in [-0.3, -0.25) is 18.8 Å². The minimum atomic E-state index is -1.02. The average Bonchev–Trinajstić information content (AvgIpc) is 3.16. The van der Waals surface area contributed by atoms with E-state index in [1.54, 1.807) is 43.2 Å². The van der Waals surface area contributed by atoms with Gasteiger partial charge in [-0.2, -0.15) is 5.10 Å². The molecule has 1 fully saturated rings. The third kappa shape index (κ3) is 3.69. The molecule has 1 amide bonds. The lowest BCUT2D eigenvalue weighted by Crippen LogP contribution is -2.28. The molecule has 0 bridgehead atoms. The molecule has 33 heavy (non-hydrogen) atoms. The van der Waals surface area contributed by atoms with Crippen molar-refractivity contribution in [2.45, 2.75) is 25.6 Å². The predicted molar refractivity (Wildman–Crippen MR) is 120 cm³/mol. The van der Waals surface area contributed by atoms with E-state index in [0.717, 1.165) is 5.69 Å². The quantitative estimate of drug-likeness (QED) is 0.406. The number of aryl methyl sites for hydroxylation is 2. The van der Waals surface area contributed by atoms with Crippen LogP contribution >= 0.6 is 0 Å². The van der Waals surface area contributed by atoms with Crippen molar-refractivity contribution < 1.29 is 9.18 Å². The first-order valence-electron chi connectivity index (χ1n) is 10.4. The van der Waals surface area contributed by atoms with E-state index in [1.807, 2.05) is 13.0 Å². The number of aromatic nitrogens is 6. The van der Waals surface area contributed by atoms with E-state index in [2.05, 4.69) is 31.1 Å². The summed E-state index contributed by atoms with van der Waals surface area (Å²) in [5.41, 5.74) is 2.07. The van der Waals surface area contributed by atoms with Crippen LogP contribution in [-0.2, 0) is 7.05 Å². The minimum absolute atomic E-state index is 0.165. The number of amides is 1. The van der Waals surface area contributed by atoms with Gasteiger partial charge in [-0.25, -0.2) is 13.9 Å². The molecule has 0 spiro atoms. The lowest BCUT2D eigenvalue weighted by Gasteiger charge is -2.11. The number of alkyl halides is 1. The molecule has 11 nitrogen and oxygen atoms in total. The molecule has 0 unspecified atom stereocenters. The van der Waals surface area contributed by atoms with Gasteiger partial charge in [0.25, 0.3) is 11.5 Å². The molecule has 0 aromatic carbocycles. The highest BCUT2D eigenvalue weighted by molar-refractivity contribution is 5.94. The maximum absolute atomic E-state index is 13.2. The van der Waals surface area contributed by atoms with Gasteiger partial charge in [0.1, 0.15) is 11.9 Å². The predicted octanol–water partition coefficient (Wildman–Crippen LogP) is 1.55. The number of carbonyl (C=O) groups is 1. The smallest absolute Gasteiger partial charge is 0.280 e. The molecular weight excluding hydrogens is 429 g/mol. The number of pyridine rings is 1. The highest BCUT2D eigenvalue weighted by Crippen LogP contribution is 2.26. The van der Waals surface area contributed by atoms with Crippen LogP contribution in [0.3, 0.4) is 0 Å². The molecule has 2 atom stereocenters. The van der Waals surface area contributed by atoms with Gasteiger partial charge in [-0.1, -0.05) is 0 Å². The summed E-state index contributed by atoms with van der Waals surface area (Å²) in [7, 11) is 3.52. The van der Waals surface area contributed by atoms with Crippen LogP contribution in [0.1, 0.15) is 22.6 Å². The van der Waals surface area contributed by atoms with Crippen molar-refractivity contribution in [3.8, 4) is 5.82 Å². The van der Waals surface area contributed by atoms with Crippen molar-refractivity contribution in [1.82, 2.24) is 34.3 Å². The number of rotatable bonds is 6. The summed E-state index contributed by atoms with van der Waals surface area (Å²) in [6.07, 6.45) is 2.31. The Morgan fingerprint density at radius 3 is 2.70 bits per heavy atom. The highest BCUT2D eigenvalue weighted by Gasteiger charge is 2.39. The van der Waals surface area contributed by atoms with Crippen LogP contribution in [0.2, 0.25) is 0 Å². The van der Waals surface area contributed by atoms with E-state index >= 15 is 0 Å². The fourth-order valence-corrected chi connectivity index (χ4v) is 3.49. The van der Waals surface area contributed by atoms with Gasteiger partial charge in [0.2, 0.25) is 0 Å². The monoisotopic (exact) mass is 451 g/mol. The number of nitrogens with one attached hydrogen (secondary N) is 3. The Bertz CT molecular complexity index is 1420. The second-order valence-corrected chi connectivity index (χ2v) is 7.89. The summed E-state index contributed by atoms with van der Waals surface area (Å²) in [4.78, 5) is 29.9. The molecule has 0 saturated heterocycles. The van der Waals surface area contributed by atoms with Crippen molar-refractivity contribution in [1.29, 1.82) is 0 Å². The molecule has 1 aliphatic carbocycles. The Morgan fingerprint density at radius 2 is 2.03 bits per heavy atom. The Kier molecular flexibility index (Phi) is 4.84. The largest absolute Gasteiger partial charge is 0.385 e. The van der Waals surface area contributed by atoms with Crippen molar-refractivity contribution in [2.24, 2.45) is 7.05 Å². The van der Waals surface area contributed by atoms with Crippen molar-refractivity contribution in [2.75, 3.05) is 17.7 Å². The van der Waals surface area contributed by atoms with E-state index in [0.29, 0.717) is 29.4 Å². The Morgan fingerprint density at radius 1 is 1.24 bits per heavy atom. The molecular formula is C21H22FN9O2. The van der Waals surface area contributed by atoms with Crippen LogP contribution in [0, 0.1) is 6.92 Å². The first kappa shape index (κ1) is 20.7. The fourth-order valence-electron chi connectivity index (χ4n) is 3.49. The maximum Gasteiger partial charge on any atom is 0.280 e. The molecule has 1 aliphatic rings. The normalized spacial score (nSPS) is 17.2. The Hall–Kier alpha value is -4.22. The molecule has 12 heteroatoms. The molecule has 4 heterocycles. The van der Waals surface area contributed by atoms with E-state index in [1.165, 1.54) is 15.3 Å². The highest BCUT2D eigenvalue weighted by atomic mass is 19.1. The van der Waals surface area contributed by atoms with Gasteiger partial charge in [-0.05, 0) is 19.1 Å². The van der Waals surface area contributed by atoms with Crippen LogP contribution < -0.4 is 21.5 Å². The van der Waals surface area contributed by atoms with Crippen molar-refractivity contribution in [3.63, 3.8) is 0 Å².